The lowest BCUT2D eigenvalue weighted by Gasteiger charge is -2.10. The Labute approximate surface area is 169 Å². The Morgan fingerprint density at radius 1 is 0.893 bits per heavy atom. The summed E-state index contributed by atoms with van der Waals surface area (Å²) < 4.78 is 4.99. The molecule has 0 fully saturated rings. The van der Waals surface area contributed by atoms with Gasteiger partial charge in [-0.25, -0.2) is 4.79 Å². The molecule has 0 aliphatic heterocycles. The Morgan fingerprint density at radius 3 is 2.14 bits per heavy atom. The molecule has 1 N–H and O–H groups in total. The summed E-state index contributed by atoms with van der Waals surface area (Å²) >= 11 is 1.32. The van der Waals surface area contributed by atoms with Crippen molar-refractivity contribution in [3.8, 4) is 11.1 Å². The summed E-state index contributed by atoms with van der Waals surface area (Å²) in [5, 5.41) is 5.25. The maximum atomic E-state index is 12.7. The predicted octanol–water partition coefficient (Wildman–Crippen LogP) is 5.69. The summed E-state index contributed by atoms with van der Waals surface area (Å²) in [6.07, 6.45) is 0. The van der Waals surface area contributed by atoms with Gasteiger partial charge in [-0.1, -0.05) is 24.3 Å². The van der Waals surface area contributed by atoms with Crippen molar-refractivity contribution in [1.82, 2.24) is 0 Å². The molecule has 28 heavy (non-hydrogen) atoms. The number of anilines is 1. The second-order valence-corrected chi connectivity index (χ2v) is 7.78. The molecule has 0 radical (unpaired) electrons. The zero-order valence-corrected chi connectivity index (χ0v) is 17.5. The highest BCUT2D eigenvalue weighted by Crippen LogP contribution is 2.37. The average Bonchev–Trinajstić information content (AvgIpc) is 3.09. The molecular formula is C23H23NO3S. The second kappa shape index (κ2) is 7.98. The van der Waals surface area contributed by atoms with Crippen molar-refractivity contribution in [2.75, 3.05) is 12.4 Å². The van der Waals surface area contributed by atoms with Crippen LogP contribution in [0.3, 0.4) is 0 Å². The van der Waals surface area contributed by atoms with Crippen molar-refractivity contribution < 1.29 is 14.3 Å². The van der Waals surface area contributed by atoms with Gasteiger partial charge in [0.25, 0.3) is 5.91 Å². The topological polar surface area (TPSA) is 55.4 Å². The maximum Gasteiger partial charge on any atom is 0.341 e. The summed E-state index contributed by atoms with van der Waals surface area (Å²) in [5.41, 5.74) is 7.11. The van der Waals surface area contributed by atoms with Crippen LogP contribution in [0.4, 0.5) is 5.00 Å². The highest BCUT2D eigenvalue weighted by atomic mass is 32.1. The fraction of sp³-hybridized carbons (Fsp3) is 0.217. The molecule has 0 atom stereocenters. The number of aryl methyl sites for hydroxylation is 4. The Balaban J connectivity index is 2.00. The molecule has 1 amide bonds. The summed E-state index contributed by atoms with van der Waals surface area (Å²) in [5.74, 6) is -0.716. The number of methoxy groups -OCH3 is 1. The van der Waals surface area contributed by atoms with Crippen molar-refractivity contribution in [3.63, 3.8) is 0 Å². The lowest BCUT2D eigenvalue weighted by Crippen LogP contribution is -2.14. The Morgan fingerprint density at radius 2 is 1.54 bits per heavy atom. The lowest BCUT2D eigenvalue weighted by molar-refractivity contribution is 0.0603. The van der Waals surface area contributed by atoms with Crippen molar-refractivity contribution >= 4 is 28.2 Å². The zero-order valence-electron chi connectivity index (χ0n) is 16.7. The molecule has 0 saturated heterocycles. The molecule has 0 bridgehead atoms. The van der Waals surface area contributed by atoms with Crippen molar-refractivity contribution in [3.05, 3.63) is 75.2 Å². The van der Waals surface area contributed by atoms with Gasteiger partial charge in [0.05, 0.1) is 7.11 Å². The Bertz CT molecular complexity index is 1070. The molecule has 5 heteroatoms. The van der Waals surface area contributed by atoms with E-state index in [9.17, 15) is 9.59 Å². The largest absolute Gasteiger partial charge is 0.465 e. The normalized spacial score (nSPS) is 10.6. The number of rotatable bonds is 4. The minimum atomic E-state index is -0.468. The van der Waals surface area contributed by atoms with Gasteiger partial charge in [0.1, 0.15) is 10.6 Å². The first-order valence-electron chi connectivity index (χ1n) is 8.98. The van der Waals surface area contributed by atoms with E-state index >= 15 is 0 Å². The molecule has 0 spiro atoms. The summed E-state index contributed by atoms with van der Waals surface area (Å²) in [4.78, 5) is 25.2. The van der Waals surface area contributed by atoms with Crippen LogP contribution < -0.4 is 5.32 Å². The van der Waals surface area contributed by atoms with E-state index < -0.39 is 5.97 Å². The number of carbonyl (C=O) groups is 2. The van der Waals surface area contributed by atoms with Gasteiger partial charge >= 0.3 is 5.97 Å². The summed E-state index contributed by atoms with van der Waals surface area (Å²) in [6.45, 7) is 8.05. The van der Waals surface area contributed by atoms with E-state index in [0.717, 1.165) is 27.8 Å². The van der Waals surface area contributed by atoms with Crippen LogP contribution in [0, 0.1) is 27.7 Å². The first-order chi connectivity index (χ1) is 13.3. The van der Waals surface area contributed by atoms with E-state index in [1.165, 1.54) is 24.0 Å². The second-order valence-electron chi connectivity index (χ2n) is 6.90. The van der Waals surface area contributed by atoms with Gasteiger partial charge in [-0.05, 0) is 67.6 Å². The standard InChI is InChI=1S/C23H23NO3S/c1-13-6-8-17(10-15(13)3)19-12-28-22(20(19)23(26)27-5)24-21(25)18-9-7-14(2)16(4)11-18/h6-12H,1-5H3,(H,24,25). The van der Waals surface area contributed by atoms with E-state index in [0.29, 0.717) is 16.1 Å². The third-order valence-corrected chi connectivity index (χ3v) is 5.89. The number of hydrogen-bond donors (Lipinski definition) is 1. The Kier molecular flexibility index (Phi) is 5.66. The van der Waals surface area contributed by atoms with Gasteiger partial charge < -0.3 is 10.1 Å². The molecule has 0 unspecified atom stereocenters. The van der Waals surface area contributed by atoms with Crippen LogP contribution in [0.5, 0.6) is 0 Å². The monoisotopic (exact) mass is 393 g/mol. The van der Waals surface area contributed by atoms with E-state index in [1.54, 1.807) is 6.07 Å². The number of nitrogens with one attached hydrogen (secondary N) is 1. The fourth-order valence-electron chi connectivity index (χ4n) is 2.93. The van der Waals surface area contributed by atoms with Crippen LogP contribution in [0.2, 0.25) is 0 Å². The van der Waals surface area contributed by atoms with Gasteiger partial charge in [0, 0.05) is 16.5 Å². The van der Waals surface area contributed by atoms with E-state index in [2.05, 4.69) is 5.32 Å². The molecule has 4 nitrogen and oxygen atoms in total. The zero-order chi connectivity index (χ0) is 20.4. The molecule has 144 valence electrons. The molecule has 3 aromatic rings. The molecule has 0 aliphatic carbocycles. The predicted molar refractivity (Wildman–Crippen MR) is 114 cm³/mol. The first-order valence-corrected chi connectivity index (χ1v) is 9.85. The third kappa shape index (κ3) is 3.85. The molecule has 1 heterocycles. The number of hydrogen-bond acceptors (Lipinski definition) is 4. The van der Waals surface area contributed by atoms with E-state index in [-0.39, 0.29) is 5.91 Å². The quantitative estimate of drug-likeness (QED) is 0.580. The highest BCUT2D eigenvalue weighted by Gasteiger charge is 2.23. The SMILES string of the molecule is COC(=O)c1c(-c2ccc(C)c(C)c2)csc1NC(=O)c1ccc(C)c(C)c1. The number of benzene rings is 2. The van der Waals surface area contributed by atoms with Crippen LogP contribution in [0.1, 0.15) is 43.0 Å². The van der Waals surface area contributed by atoms with Gasteiger partial charge in [-0.3, -0.25) is 4.79 Å². The molecule has 1 aromatic heterocycles. The van der Waals surface area contributed by atoms with Crippen molar-refractivity contribution in [2.45, 2.75) is 27.7 Å². The van der Waals surface area contributed by atoms with Gasteiger partial charge in [-0.2, -0.15) is 0 Å². The Hall–Kier alpha value is -2.92. The molecule has 3 rings (SSSR count). The van der Waals surface area contributed by atoms with E-state index in [1.807, 2.05) is 63.4 Å². The van der Waals surface area contributed by atoms with Crippen LogP contribution >= 0.6 is 11.3 Å². The summed E-state index contributed by atoms with van der Waals surface area (Å²) in [7, 11) is 1.35. The average molecular weight is 394 g/mol. The smallest absolute Gasteiger partial charge is 0.341 e. The summed E-state index contributed by atoms with van der Waals surface area (Å²) in [6, 6.07) is 11.6. The minimum absolute atomic E-state index is 0.248. The molecule has 0 saturated carbocycles. The van der Waals surface area contributed by atoms with Crippen LogP contribution in [0.15, 0.2) is 41.8 Å². The minimum Gasteiger partial charge on any atom is -0.465 e. The maximum absolute atomic E-state index is 12.7. The van der Waals surface area contributed by atoms with E-state index in [4.69, 9.17) is 4.74 Å². The fourth-order valence-corrected chi connectivity index (χ4v) is 3.89. The van der Waals surface area contributed by atoms with Gasteiger partial charge in [0.2, 0.25) is 0 Å². The van der Waals surface area contributed by atoms with Gasteiger partial charge in [-0.15, -0.1) is 11.3 Å². The number of ether oxygens (including phenoxy) is 1. The van der Waals surface area contributed by atoms with Crippen LogP contribution in [-0.4, -0.2) is 19.0 Å². The van der Waals surface area contributed by atoms with Crippen LogP contribution in [0.25, 0.3) is 11.1 Å². The highest BCUT2D eigenvalue weighted by molar-refractivity contribution is 7.15. The third-order valence-electron chi connectivity index (χ3n) is 4.99. The molecule has 2 aromatic carbocycles. The molecule has 0 aliphatic rings. The van der Waals surface area contributed by atoms with Crippen molar-refractivity contribution in [2.24, 2.45) is 0 Å². The molecular weight excluding hydrogens is 370 g/mol. The van der Waals surface area contributed by atoms with Crippen molar-refractivity contribution in [1.29, 1.82) is 0 Å². The number of carbonyl (C=O) groups excluding carboxylic acids is 2. The first kappa shape index (κ1) is 19.8. The lowest BCUT2D eigenvalue weighted by atomic mass is 9.99. The van der Waals surface area contributed by atoms with Crippen LogP contribution in [-0.2, 0) is 4.74 Å². The number of amides is 1. The van der Waals surface area contributed by atoms with Gasteiger partial charge in [0.15, 0.2) is 0 Å². The number of thiophene rings is 1. The number of esters is 1.